The molecule has 6 heteroatoms. The van der Waals surface area contributed by atoms with Gasteiger partial charge in [0.15, 0.2) is 5.16 Å². The molecule has 0 fully saturated rings. The minimum Gasteiger partial charge on any atom is -0.392 e. The SMILES string of the molecule is CCn1c(Sc2ccc(C)cc2CO)n[nH]c1=O. The first-order valence-corrected chi connectivity index (χ1v) is 6.50. The zero-order chi connectivity index (χ0) is 13.1. The number of benzene rings is 1. The van der Waals surface area contributed by atoms with Crippen molar-refractivity contribution in [2.75, 3.05) is 0 Å². The molecule has 0 atom stereocenters. The quantitative estimate of drug-likeness (QED) is 0.879. The van der Waals surface area contributed by atoms with Crippen LogP contribution in [0.25, 0.3) is 0 Å². The van der Waals surface area contributed by atoms with E-state index in [-0.39, 0.29) is 12.3 Å². The smallest absolute Gasteiger partial charge is 0.343 e. The van der Waals surface area contributed by atoms with Gasteiger partial charge in [0, 0.05) is 11.4 Å². The van der Waals surface area contributed by atoms with Crippen molar-refractivity contribution in [1.82, 2.24) is 14.8 Å². The number of H-pyrrole nitrogens is 1. The van der Waals surface area contributed by atoms with Gasteiger partial charge in [-0.25, -0.2) is 9.89 Å². The first-order chi connectivity index (χ1) is 8.65. The maximum Gasteiger partial charge on any atom is 0.343 e. The van der Waals surface area contributed by atoms with Crippen LogP contribution in [0.2, 0.25) is 0 Å². The molecule has 0 bridgehead atoms. The largest absolute Gasteiger partial charge is 0.392 e. The Balaban J connectivity index is 2.36. The van der Waals surface area contributed by atoms with Crippen LogP contribution in [0, 0.1) is 6.92 Å². The van der Waals surface area contributed by atoms with Crippen molar-refractivity contribution in [2.24, 2.45) is 0 Å². The van der Waals surface area contributed by atoms with E-state index in [1.807, 2.05) is 32.0 Å². The number of rotatable bonds is 4. The number of aliphatic hydroxyl groups excluding tert-OH is 1. The van der Waals surface area contributed by atoms with Gasteiger partial charge in [-0.2, -0.15) is 0 Å². The first kappa shape index (κ1) is 12.9. The third-order valence-corrected chi connectivity index (χ3v) is 3.74. The Bertz CT molecular complexity index is 604. The fraction of sp³-hybridized carbons (Fsp3) is 0.333. The van der Waals surface area contributed by atoms with Gasteiger partial charge in [0.25, 0.3) is 0 Å². The van der Waals surface area contributed by atoms with Crippen molar-refractivity contribution in [3.05, 3.63) is 39.8 Å². The standard InChI is InChI=1S/C12H15N3O2S/c1-3-15-11(17)13-14-12(15)18-10-5-4-8(2)6-9(10)7-16/h4-6,16H,3,7H2,1-2H3,(H,13,17). The lowest BCUT2D eigenvalue weighted by Crippen LogP contribution is -2.16. The molecule has 0 radical (unpaired) electrons. The number of aryl methyl sites for hydroxylation is 1. The number of hydrogen-bond donors (Lipinski definition) is 2. The van der Waals surface area contributed by atoms with Gasteiger partial charge in [0.1, 0.15) is 0 Å². The van der Waals surface area contributed by atoms with E-state index in [1.165, 1.54) is 11.8 Å². The van der Waals surface area contributed by atoms with E-state index < -0.39 is 0 Å². The van der Waals surface area contributed by atoms with Crippen LogP contribution in [-0.2, 0) is 13.2 Å². The highest BCUT2D eigenvalue weighted by Gasteiger charge is 2.11. The minimum absolute atomic E-state index is 0.0230. The molecule has 5 nitrogen and oxygen atoms in total. The van der Waals surface area contributed by atoms with Gasteiger partial charge >= 0.3 is 5.69 Å². The summed E-state index contributed by atoms with van der Waals surface area (Å²) in [6.07, 6.45) is 0. The van der Waals surface area contributed by atoms with Crippen LogP contribution in [0.3, 0.4) is 0 Å². The van der Waals surface area contributed by atoms with E-state index in [9.17, 15) is 9.90 Å². The number of aliphatic hydroxyl groups is 1. The molecule has 0 saturated heterocycles. The lowest BCUT2D eigenvalue weighted by atomic mass is 10.1. The Morgan fingerprint density at radius 1 is 1.50 bits per heavy atom. The second-order valence-corrected chi connectivity index (χ2v) is 4.94. The molecule has 18 heavy (non-hydrogen) atoms. The highest BCUT2D eigenvalue weighted by atomic mass is 32.2. The Hall–Kier alpha value is -1.53. The highest BCUT2D eigenvalue weighted by Crippen LogP contribution is 2.29. The Morgan fingerprint density at radius 2 is 2.28 bits per heavy atom. The van der Waals surface area contributed by atoms with Gasteiger partial charge in [-0.3, -0.25) is 4.57 Å². The second-order valence-electron chi connectivity index (χ2n) is 3.93. The number of nitrogens with one attached hydrogen (secondary N) is 1. The van der Waals surface area contributed by atoms with Crippen LogP contribution >= 0.6 is 11.8 Å². The number of hydrogen-bond acceptors (Lipinski definition) is 4. The molecule has 0 aliphatic heterocycles. The van der Waals surface area contributed by atoms with Crippen LogP contribution in [0.15, 0.2) is 33.0 Å². The van der Waals surface area contributed by atoms with E-state index in [0.717, 1.165) is 16.0 Å². The van der Waals surface area contributed by atoms with Crippen LogP contribution in [0.4, 0.5) is 0 Å². The molecule has 1 aromatic carbocycles. The molecular formula is C12H15N3O2S. The van der Waals surface area contributed by atoms with Gasteiger partial charge in [-0.1, -0.05) is 17.7 Å². The molecule has 96 valence electrons. The molecule has 0 saturated carbocycles. The van der Waals surface area contributed by atoms with Gasteiger partial charge in [0.2, 0.25) is 0 Å². The third-order valence-electron chi connectivity index (χ3n) is 2.63. The van der Waals surface area contributed by atoms with E-state index in [4.69, 9.17) is 0 Å². The zero-order valence-electron chi connectivity index (χ0n) is 10.3. The van der Waals surface area contributed by atoms with Gasteiger partial charge < -0.3 is 5.11 Å². The molecule has 2 aromatic rings. The summed E-state index contributed by atoms with van der Waals surface area (Å²) in [6.45, 7) is 4.41. The molecule has 2 N–H and O–H groups in total. The fourth-order valence-corrected chi connectivity index (χ4v) is 2.69. The molecule has 1 aromatic heterocycles. The average Bonchev–Trinajstić information content (AvgIpc) is 2.72. The third kappa shape index (κ3) is 2.49. The van der Waals surface area contributed by atoms with Gasteiger partial charge in [0.05, 0.1) is 6.61 Å². The molecular weight excluding hydrogens is 250 g/mol. The topological polar surface area (TPSA) is 70.9 Å². The van der Waals surface area contributed by atoms with Crippen LogP contribution in [-0.4, -0.2) is 19.9 Å². The minimum atomic E-state index is -0.210. The molecule has 0 aliphatic rings. The monoisotopic (exact) mass is 265 g/mol. The zero-order valence-corrected chi connectivity index (χ0v) is 11.1. The number of nitrogens with zero attached hydrogens (tertiary/aromatic N) is 2. The predicted molar refractivity (Wildman–Crippen MR) is 69.7 cm³/mol. The van der Waals surface area contributed by atoms with E-state index in [2.05, 4.69) is 10.2 Å². The van der Waals surface area contributed by atoms with E-state index in [1.54, 1.807) is 4.57 Å². The predicted octanol–water partition coefficient (Wildman–Crippen LogP) is 1.54. The first-order valence-electron chi connectivity index (χ1n) is 5.69. The molecule has 0 spiro atoms. The maximum absolute atomic E-state index is 11.5. The van der Waals surface area contributed by atoms with Crippen LogP contribution in [0.5, 0.6) is 0 Å². The number of aromatic amines is 1. The van der Waals surface area contributed by atoms with Crippen molar-refractivity contribution in [3.8, 4) is 0 Å². The van der Waals surface area contributed by atoms with Crippen molar-refractivity contribution in [2.45, 2.75) is 37.1 Å². The van der Waals surface area contributed by atoms with Crippen LogP contribution < -0.4 is 5.69 Å². The summed E-state index contributed by atoms with van der Waals surface area (Å²) in [4.78, 5) is 12.4. The number of aromatic nitrogens is 3. The molecule has 0 unspecified atom stereocenters. The fourth-order valence-electron chi connectivity index (χ4n) is 1.69. The van der Waals surface area contributed by atoms with Crippen molar-refractivity contribution >= 4 is 11.8 Å². The summed E-state index contributed by atoms with van der Waals surface area (Å²) >= 11 is 1.38. The second kappa shape index (κ2) is 5.41. The molecule has 0 amide bonds. The summed E-state index contributed by atoms with van der Waals surface area (Å²) in [5, 5.41) is 16.4. The van der Waals surface area contributed by atoms with Gasteiger partial charge in [-0.15, -0.1) is 5.10 Å². The Labute approximate surface area is 109 Å². The van der Waals surface area contributed by atoms with Crippen molar-refractivity contribution < 1.29 is 5.11 Å². The molecule has 1 heterocycles. The normalized spacial score (nSPS) is 10.8. The van der Waals surface area contributed by atoms with Crippen molar-refractivity contribution in [3.63, 3.8) is 0 Å². The lowest BCUT2D eigenvalue weighted by Gasteiger charge is -2.07. The highest BCUT2D eigenvalue weighted by molar-refractivity contribution is 7.99. The Morgan fingerprint density at radius 3 is 2.94 bits per heavy atom. The average molecular weight is 265 g/mol. The van der Waals surface area contributed by atoms with E-state index in [0.29, 0.717) is 11.7 Å². The Kier molecular flexibility index (Phi) is 3.88. The summed E-state index contributed by atoms with van der Waals surface area (Å²) in [6, 6.07) is 5.84. The summed E-state index contributed by atoms with van der Waals surface area (Å²) in [5.74, 6) is 0. The molecule has 0 aliphatic carbocycles. The summed E-state index contributed by atoms with van der Waals surface area (Å²) < 4.78 is 1.56. The summed E-state index contributed by atoms with van der Waals surface area (Å²) in [5.41, 5.74) is 1.73. The van der Waals surface area contributed by atoms with Gasteiger partial charge in [-0.05, 0) is 37.2 Å². The summed E-state index contributed by atoms with van der Waals surface area (Å²) in [7, 11) is 0. The lowest BCUT2D eigenvalue weighted by molar-refractivity contribution is 0.279. The van der Waals surface area contributed by atoms with E-state index >= 15 is 0 Å². The van der Waals surface area contributed by atoms with Crippen LogP contribution in [0.1, 0.15) is 18.1 Å². The van der Waals surface area contributed by atoms with Crippen molar-refractivity contribution in [1.29, 1.82) is 0 Å². The maximum atomic E-state index is 11.5. The molecule has 2 rings (SSSR count).